The van der Waals surface area contributed by atoms with Crippen LogP contribution in [-0.2, 0) is 9.47 Å². The van der Waals surface area contributed by atoms with Crippen molar-refractivity contribution >= 4 is 0 Å². The van der Waals surface area contributed by atoms with Crippen molar-refractivity contribution in [2.24, 2.45) is 5.92 Å². The van der Waals surface area contributed by atoms with Gasteiger partial charge in [0.1, 0.15) is 6.10 Å². The molecule has 2 rings (SSSR count). The van der Waals surface area contributed by atoms with Gasteiger partial charge in [0.15, 0.2) is 0 Å². The van der Waals surface area contributed by atoms with Gasteiger partial charge < -0.3 is 14.6 Å². The van der Waals surface area contributed by atoms with E-state index in [1.807, 2.05) is 18.2 Å². The van der Waals surface area contributed by atoms with Crippen LogP contribution in [0, 0.1) is 19.8 Å². The summed E-state index contributed by atoms with van der Waals surface area (Å²) in [5.41, 5.74) is 3.38. The molecule has 1 heterocycles. The van der Waals surface area contributed by atoms with Crippen molar-refractivity contribution in [1.29, 1.82) is 0 Å². The van der Waals surface area contributed by atoms with E-state index in [0.717, 1.165) is 25.2 Å². The minimum absolute atomic E-state index is 0.360. The second-order valence-electron chi connectivity index (χ2n) is 5.13. The van der Waals surface area contributed by atoms with Crippen LogP contribution in [0.15, 0.2) is 18.2 Å². The summed E-state index contributed by atoms with van der Waals surface area (Å²) in [6, 6.07) is 6.04. The lowest BCUT2D eigenvalue weighted by Gasteiger charge is -2.14. The average molecular weight is 250 g/mol. The molecule has 0 saturated carbocycles. The van der Waals surface area contributed by atoms with E-state index < -0.39 is 6.10 Å². The monoisotopic (exact) mass is 250 g/mol. The normalized spacial score (nSPS) is 21.2. The van der Waals surface area contributed by atoms with Gasteiger partial charge in [-0.05, 0) is 37.0 Å². The standard InChI is InChI=1S/C15H22O3/c1-11-3-4-14(7-12(11)2)15(16)10-18-9-13-5-6-17-8-13/h3-4,7,13,15-16H,5-6,8-10H2,1-2H3. The van der Waals surface area contributed by atoms with Crippen LogP contribution in [-0.4, -0.2) is 31.5 Å². The molecule has 0 aliphatic carbocycles. The van der Waals surface area contributed by atoms with E-state index in [4.69, 9.17) is 9.47 Å². The molecule has 1 aromatic rings. The van der Waals surface area contributed by atoms with Gasteiger partial charge in [-0.2, -0.15) is 0 Å². The predicted octanol–water partition coefficient (Wildman–Crippen LogP) is 2.39. The van der Waals surface area contributed by atoms with Gasteiger partial charge in [0.2, 0.25) is 0 Å². The van der Waals surface area contributed by atoms with Gasteiger partial charge in [0.05, 0.1) is 19.8 Å². The summed E-state index contributed by atoms with van der Waals surface area (Å²) in [4.78, 5) is 0. The Kier molecular flexibility index (Phi) is 4.75. The van der Waals surface area contributed by atoms with E-state index in [0.29, 0.717) is 19.1 Å². The molecule has 0 radical (unpaired) electrons. The number of aliphatic hydroxyl groups is 1. The van der Waals surface area contributed by atoms with E-state index in [1.54, 1.807) is 0 Å². The molecule has 0 aromatic heterocycles. The minimum Gasteiger partial charge on any atom is -0.386 e. The molecule has 1 saturated heterocycles. The molecular formula is C15H22O3. The molecule has 1 N–H and O–H groups in total. The Bertz CT molecular complexity index is 383. The number of hydrogen-bond donors (Lipinski definition) is 1. The summed E-state index contributed by atoms with van der Waals surface area (Å²) < 4.78 is 10.9. The van der Waals surface area contributed by atoms with E-state index in [1.165, 1.54) is 11.1 Å². The first-order valence-electron chi connectivity index (χ1n) is 6.57. The second kappa shape index (κ2) is 6.32. The first kappa shape index (κ1) is 13.5. The average Bonchev–Trinajstić information content (AvgIpc) is 2.85. The highest BCUT2D eigenvalue weighted by atomic mass is 16.5. The molecule has 100 valence electrons. The van der Waals surface area contributed by atoms with Crippen LogP contribution >= 0.6 is 0 Å². The van der Waals surface area contributed by atoms with Crippen LogP contribution in [0.3, 0.4) is 0 Å². The molecule has 1 aliphatic heterocycles. The molecule has 2 atom stereocenters. The SMILES string of the molecule is Cc1ccc(C(O)COCC2CCOC2)cc1C. The summed E-state index contributed by atoms with van der Waals surface area (Å²) >= 11 is 0. The van der Waals surface area contributed by atoms with Crippen molar-refractivity contribution in [3.63, 3.8) is 0 Å². The quantitative estimate of drug-likeness (QED) is 0.872. The van der Waals surface area contributed by atoms with Gasteiger partial charge in [-0.15, -0.1) is 0 Å². The Hall–Kier alpha value is -0.900. The van der Waals surface area contributed by atoms with Gasteiger partial charge in [0.25, 0.3) is 0 Å². The lowest BCUT2D eigenvalue weighted by Crippen LogP contribution is -2.14. The molecular weight excluding hydrogens is 228 g/mol. The zero-order valence-corrected chi connectivity index (χ0v) is 11.2. The zero-order valence-electron chi connectivity index (χ0n) is 11.2. The topological polar surface area (TPSA) is 38.7 Å². The van der Waals surface area contributed by atoms with Crippen molar-refractivity contribution < 1.29 is 14.6 Å². The maximum atomic E-state index is 10.1. The molecule has 1 aromatic carbocycles. The van der Waals surface area contributed by atoms with E-state index in [9.17, 15) is 5.11 Å². The molecule has 0 bridgehead atoms. The molecule has 3 nitrogen and oxygen atoms in total. The minimum atomic E-state index is -0.536. The van der Waals surface area contributed by atoms with Gasteiger partial charge in [0, 0.05) is 12.5 Å². The van der Waals surface area contributed by atoms with Crippen LogP contribution in [0.5, 0.6) is 0 Å². The summed E-state index contributed by atoms with van der Waals surface area (Å²) in [6.07, 6.45) is 0.534. The first-order valence-corrected chi connectivity index (χ1v) is 6.57. The van der Waals surface area contributed by atoms with Crippen LogP contribution < -0.4 is 0 Å². The molecule has 2 unspecified atom stereocenters. The van der Waals surface area contributed by atoms with Crippen molar-refractivity contribution in [2.45, 2.75) is 26.4 Å². The third kappa shape index (κ3) is 3.55. The number of rotatable bonds is 5. The zero-order chi connectivity index (χ0) is 13.0. The largest absolute Gasteiger partial charge is 0.386 e. The van der Waals surface area contributed by atoms with Gasteiger partial charge >= 0.3 is 0 Å². The summed E-state index contributed by atoms with van der Waals surface area (Å²) in [7, 11) is 0. The lowest BCUT2D eigenvalue weighted by molar-refractivity contribution is 0.0185. The van der Waals surface area contributed by atoms with Crippen LogP contribution in [0.1, 0.15) is 29.2 Å². The molecule has 1 fully saturated rings. The van der Waals surface area contributed by atoms with E-state index >= 15 is 0 Å². The highest BCUT2D eigenvalue weighted by Crippen LogP contribution is 2.18. The number of aliphatic hydroxyl groups excluding tert-OH is 1. The van der Waals surface area contributed by atoms with Gasteiger partial charge in [-0.3, -0.25) is 0 Å². The Morgan fingerprint density at radius 1 is 1.39 bits per heavy atom. The number of hydrogen-bond acceptors (Lipinski definition) is 3. The summed E-state index contributed by atoms with van der Waals surface area (Å²) in [6.45, 7) is 6.80. The maximum absolute atomic E-state index is 10.1. The summed E-state index contributed by atoms with van der Waals surface area (Å²) in [5, 5.41) is 10.1. The van der Waals surface area contributed by atoms with Crippen molar-refractivity contribution in [3.8, 4) is 0 Å². The Morgan fingerprint density at radius 3 is 2.89 bits per heavy atom. The van der Waals surface area contributed by atoms with Gasteiger partial charge in [-0.25, -0.2) is 0 Å². The Labute approximate surface area is 109 Å². The molecule has 1 aliphatic rings. The van der Waals surface area contributed by atoms with Crippen LogP contribution in [0.25, 0.3) is 0 Å². The maximum Gasteiger partial charge on any atom is 0.102 e. The fourth-order valence-electron chi connectivity index (χ4n) is 2.13. The van der Waals surface area contributed by atoms with Crippen molar-refractivity contribution in [2.75, 3.05) is 26.4 Å². The third-order valence-corrected chi connectivity index (χ3v) is 3.57. The number of aryl methyl sites for hydroxylation is 2. The van der Waals surface area contributed by atoms with Crippen LogP contribution in [0.2, 0.25) is 0 Å². The number of benzene rings is 1. The van der Waals surface area contributed by atoms with E-state index in [-0.39, 0.29) is 0 Å². The number of ether oxygens (including phenoxy) is 2. The molecule has 0 spiro atoms. The molecule has 3 heteroatoms. The smallest absolute Gasteiger partial charge is 0.102 e. The predicted molar refractivity (Wildman–Crippen MR) is 70.6 cm³/mol. The van der Waals surface area contributed by atoms with Gasteiger partial charge in [-0.1, -0.05) is 18.2 Å². The highest BCUT2D eigenvalue weighted by molar-refractivity contribution is 5.31. The Morgan fingerprint density at radius 2 is 2.22 bits per heavy atom. The fourth-order valence-corrected chi connectivity index (χ4v) is 2.13. The third-order valence-electron chi connectivity index (χ3n) is 3.57. The van der Waals surface area contributed by atoms with Crippen molar-refractivity contribution in [1.82, 2.24) is 0 Å². The highest BCUT2D eigenvalue weighted by Gasteiger charge is 2.16. The van der Waals surface area contributed by atoms with Crippen LogP contribution in [0.4, 0.5) is 0 Å². The fraction of sp³-hybridized carbons (Fsp3) is 0.600. The lowest BCUT2D eigenvalue weighted by atomic mass is 10.0. The molecule has 0 amide bonds. The second-order valence-corrected chi connectivity index (χ2v) is 5.13. The summed E-state index contributed by atoms with van der Waals surface area (Å²) in [5.74, 6) is 0.497. The van der Waals surface area contributed by atoms with Crippen molar-refractivity contribution in [3.05, 3.63) is 34.9 Å². The van der Waals surface area contributed by atoms with E-state index in [2.05, 4.69) is 13.8 Å². The first-order chi connectivity index (χ1) is 8.66. The Balaban J connectivity index is 1.79. The molecule has 18 heavy (non-hydrogen) atoms.